The van der Waals surface area contributed by atoms with E-state index in [1.165, 1.54) is 12.1 Å². The van der Waals surface area contributed by atoms with Gasteiger partial charge in [0.2, 0.25) is 5.89 Å². The van der Waals surface area contributed by atoms with E-state index in [9.17, 15) is 17.6 Å². The van der Waals surface area contributed by atoms with Crippen molar-refractivity contribution in [3.05, 3.63) is 65.8 Å². The fraction of sp³-hybridized carbons (Fsp3) is 0.125. The summed E-state index contributed by atoms with van der Waals surface area (Å²) in [6, 6.07) is 12.6. The van der Waals surface area contributed by atoms with Gasteiger partial charge in [0.25, 0.3) is 0 Å². The highest BCUT2D eigenvalue weighted by Gasteiger charge is 2.38. The molecule has 0 aliphatic heterocycles. The zero-order valence-corrected chi connectivity index (χ0v) is 12.1. The molecule has 124 valence electrons. The standard InChI is InChI=1S/C16H11F4N3O/c17-12-2-1-3-13(8-12)21-9-10-4-6-11(7-5-10)14-22-23-15(24-14)16(18,19)20/h1-8,21H,9H2. The number of halogens is 4. The van der Waals surface area contributed by atoms with Crippen LogP contribution >= 0.6 is 0 Å². The Morgan fingerprint density at radius 2 is 1.75 bits per heavy atom. The summed E-state index contributed by atoms with van der Waals surface area (Å²) in [7, 11) is 0. The molecule has 0 fully saturated rings. The van der Waals surface area contributed by atoms with Crippen LogP contribution in [0.25, 0.3) is 11.5 Å². The van der Waals surface area contributed by atoms with Gasteiger partial charge in [-0.25, -0.2) is 4.39 Å². The summed E-state index contributed by atoms with van der Waals surface area (Å²) >= 11 is 0. The molecule has 1 heterocycles. The van der Waals surface area contributed by atoms with E-state index < -0.39 is 12.1 Å². The van der Waals surface area contributed by atoms with Gasteiger partial charge in [-0.1, -0.05) is 18.2 Å². The summed E-state index contributed by atoms with van der Waals surface area (Å²) in [5.41, 5.74) is 1.87. The molecule has 1 N–H and O–H groups in total. The van der Waals surface area contributed by atoms with Gasteiger partial charge in [0.05, 0.1) is 0 Å². The molecular formula is C16H11F4N3O. The van der Waals surface area contributed by atoms with E-state index >= 15 is 0 Å². The van der Waals surface area contributed by atoms with Crippen molar-refractivity contribution in [1.82, 2.24) is 10.2 Å². The molecule has 0 bridgehead atoms. The lowest BCUT2D eigenvalue weighted by Crippen LogP contribution is -2.04. The van der Waals surface area contributed by atoms with Crippen molar-refractivity contribution < 1.29 is 22.0 Å². The minimum absolute atomic E-state index is 0.202. The number of hydrogen-bond donors (Lipinski definition) is 1. The number of rotatable bonds is 4. The van der Waals surface area contributed by atoms with Crippen molar-refractivity contribution >= 4 is 5.69 Å². The minimum Gasteiger partial charge on any atom is -0.413 e. The molecular weight excluding hydrogens is 326 g/mol. The average Bonchev–Trinajstić information content (AvgIpc) is 3.04. The van der Waals surface area contributed by atoms with Crippen LogP contribution in [0.15, 0.2) is 52.9 Å². The highest BCUT2D eigenvalue weighted by Crippen LogP contribution is 2.30. The molecule has 2 aromatic carbocycles. The number of alkyl halides is 3. The number of nitrogens with one attached hydrogen (secondary N) is 1. The molecule has 0 spiro atoms. The lowest BCUT2D eigenvalue weighted by atomic mass is 10.1. The van der Waals surface area contributed by atoms with Crippen molar-refractivity contribution in [3.8, 4) is 11.5 Å². The van der Waals surface area contributed by atoms with E-state index in [4.69, 9.17) is 0 Å². The van der Waals surface area contributed by atoms with Gasteiger partial charge < -0.3 is 9.73 Å². The van der Waals surface area contributed by atoms with Crippen molar-refractivity contribution in [2.45, 2.75) is 12.7 Å². The molecule has 0 atom stereocenters. The van der Waals surface area contributed by atoms with Crippen molar-refractivity contribution in [3.63, 3.8) is 0 Å². The molecule has 3 rings (SSSR count). The van der Waals surface area contributed by atoms with Crippen LogP contribution in [0, 0.1) is 5.82 Å². The quantitative estimate of drug-likeness (QED) is 0.712. The van der Waals surface area contributed by atoms with E-state index in [1.54, 1.807) is 36.4 Å². The molecule has 0 unspecified atom stereocenters. The second-order valence-electron chi connectivity index (χ2n) is 4.97. The normalized spacial score (nSPS) is 11.5. The highest BCUT2D eigenvalue weighted by molar-refractivity contribution is 5.53. The fourth-order valence-electron chi connectivity index (χ4n) is 2.02. The molecule has 0 aliphatic rings. The Labute approximate surface area is 134 Å². The smallest absolute Gasteiger partial charge is 0.413 e. The topological polar surface area (TPSA) is 51.0 Å². The zero-order valence-electron chi connectivity index (χ0n) is 12.1. The van der Waals surface area contributed by atoms with E-state index in [2.05, 4.69) is 19.9 Å². The third-order valence-corrected chi connectivity index (χ3v) is 3.19. The van der Waals surface area contributed by atoms with Crippen LogP contribution in [0.5, 0.6) is 0 Å². The lowest BCUT2D eigenvalue weighted by Gasteiger charge is -2.07. The van der Waals surface area contributed by atoms with Crippen molar-refractivity contribution in [2.75, 3.05) is 5.32 Å². The van der Waals surface area contributed by atoms with Crippen LogP contribution in [0.4, 0.5) is 23.2 Å². The van der Waals surface area contributed by atoms with Crippen molar-refractivity contribution in [1.29, 1.82) is 0 Å². The maximum atomic E-state index is 13.1. The number of anilines is 1. The van der Waals surface area contributed by atoms with Crippen LogP contribution < -0.4 is 5.32 Å². The first-order valence-electron chi connectivity index (χ1n) is 6.91. The zero-order chi connectivity index (χ0) is 17.2. The van der Waals surface area contributed by atoms with Gasteiger partial charge in [-0.3, -0.25) is 0 Å². The van der Waals surface area contributed by atoms with Crippen LogP contribution in [-0.4, -0.2) is 10.2 Å². The maximum absolute atomic E-state index is 13.1. The highest BCUT2D eigenvalue weighted by atomic mass is 19.4. The molecule has 0 saturated heterocycles. The van der Waals surface area contributed by atoms with Crippen molar-refractivity contribution in [2.24, 2.45) is 0 Å². The summed E-state index contributed by atoms with van der Waals surface area (Å²) in [6.07, 6.45) is -4.67. The minimum atomic E-state index is -4.67. The first-order chi connectivity index (χ1) is 11.4. The maximum Gasteiger partial charge on any atom is 0.470 e. The first-order valence-corrected chi connectivity index (χ1v) is 6.91. The molecule has 0 amide bonds. The summed E-state index contributed by atoms with van der Waals surface area (Å²) in [4.78, 5) is 0. The molecule has 8 heteroatoms. The van der Waals surface area contributed by atoms with Gasteiger partial charge in [-0.2, -0.15) is 13.2 Å². The Bertz CT molecular complexity index is 828. The van der Waals surface area contributed by atoms with Gasteiger partial charge in [0.15, 0.2) is 0 Å². The predicted molar refractivity (Wildman–Crippen MR) is 78.5 cm³/mol. The van der Waals surface area contributed by atoms with Crippen LogP contribution in [0.3, 0.4) is 0 Å². The van der Waals surface area contributed by atoms with Crippen LogP contribution in [0.1, 0.15) is 11.5 Å². The third kappa shape index (κ3) is 3.70. The van der Waals surface area contributed by atoms with Crippen LogP contribution in [0.2, 0.25) is 0 Å². The Hall–Kier alpha value is -2.90. The van der Waals surface area contributed by atoms with Gasteiger partial charge in [0.1, 0.15) is 5.82 Å². The molecule has 4 nitrogen and oxygen atoms in total. The SMILES string of the molecule is Fc1cccc(NCc2ccc(-c3nnc(C(F)(F)F)o3)cc2)c1. The Balaban J connectivity index is 1.68. The molecule has 0 saturated carbocycles. The van der Waals surface area contributed by atoms with Gasteiger partial charge >= 0.3 is 12.1 Å². The first kappa shape index (κ1) is 16.0. The second kappa shape index (κ2) is 6.31. The van der Waals surface area contributed by atoms with Crippen LogP contribution in [-0.2, 0) is 12.7 Å². The second-order valence-corrected chi connectivity index (χ2v) is 4.97. The average molecular weight is 337 g/mol. The summed E-state index contributed by atoms with van der Waals surface area (Å²) < 4.78 is 55.0. The Morgan fingerprint density at radius 1 is 1.00 bits per heavy atom. The van der Waals surface area contributed by atoms with E-state index in [-0.39, 0.29) is 11.7 Å². The number of hydrogen-bond acceptors (Lipinski definition) is 4. The van der Waals surface area contributed by atoms with Gasteiger partial charge in [-0.05, 0) is 35.9 Å². The number of benzene rings is 2. The largest absolute Gasteiger partial charge is 0.470 e. The fourth-order valence-corrected chi connectivity index (χ4v) is 2.02. The number of aromatic nitrogens is 2. The monoisotopic (exact) mass is 337 g/mol. The van der Waals surface area contributed by atoms with E-state index in [0.29, 0.717) is 17.8 Å². The van der Waals surface area contributed by atoms with E-state index in [0.717, 1.165) is 5.56 Å². The summed E-state index contributed by atoms with van der Waals surface area (Å²) in [5, 5.41) is 9.42. The molecule has 0 radical (unpaired) electrons. The summed E-state index contributed by atoms with van der Waals surface area (Å²) in [6.45, 7) is 0.432. The number of nitrogens with zero attached hydrogens (tertiary/aromatic N) is 2. The molecule has 24 heavy (non-hydrogen) atoms. The molecule has 0 aliphatic carbocycles. The summed E-state index contributed by atoms with van der Waals surface area (Å²) in [5.74, 6) is -1.92. The molecule has 1 aromatic heterocycles. The predicted octanol–water partition coefficient (Wildman–Crippen LogP) is 4.51. The van der Waals surface area contributed by atoms with Gasteiger partial charge in [0, 0.05) is 17.8 Å². The molecule has 3 aromatic rings. The Kier molecular flexibility index (Phi) is 4.20. The lowest BCUT2D eigenvalue weighted by molar-refractivity contribution is -0.156. The van der Waals surface area contributed by atoms with Gasteiger partial charge in [-0.15, -0.1) is 10.2 Å². The third-order valence-electron chi connectivity index (χ3n) is 3.19. The Morgan fingerprint density at radius 3 is 2.38 bits per heavy atom. The van der Waals surface area contributed by atoms with E-state index in [1.807, 2.05) is 0 Å².